The maximum atomic E-state index is 13.9. The van der Waals surface area contributed by atoms with Gasteiger partial charge in [0.15, 0.2) is 0 Å². The van der Waals surface area contributed by atoms with Gasteiger partial charge in [-0.2, -0.15) is 13.2 Å². The summed E-state index contributed by atoms with van der Waals surface area (Å²) in [6.45, 7) is 2.72. The molecule has 0 spiro atoms. The van der Waals surface area contributed by atoms with Gasteiger partial charge in [0.2, 0.25) is 21.9 Å². The largest absolute Gasteiger partial charge is 0.420 e. The zero-order valence-corrected chi connectivity index (χ0v) is 24.5. The van der Waals surface area contributed by atoms with E-state index in [1.807, 2.05) is 18.0 Å². The van der Waals surface area contributed by atoms with Crippen molar-refractivity contribution in [3.8, 4) is 17.1 Å². The number of imidazole rings is 1. The highest BCUT2D eigenvalue weighted by molar-refractivity contribution is 7.88. The third kappa shape index (κ3) is 6.85. The summed E-state index contributed by atoms with van der Waals surface area (Å²) in [5.74, 6) is 0.0212. The quantitative estimate of drug-likeness (QED) is 0.425. The van der Waals surface area contributed by atoms with Crippen LogP contribution in [-0.2, 0) is 27.5 Å². The first kappa shape index (κ1) is 30.2. The molecule has 16 heteroatoms. The van der Waals surface area contributed by atoms with Crippen LogP contribution < -0.4 is 5.32 Å². The van der Waals surface area contributed by atoms with Gasteiger partial charge in [-0.05, 0) is 37.6 Å². The molecule has 0 unspecified atom stereocenters. The Morgan fingerprint density at radius 1 is 1.12 bits per heavy atom. The number of aromatic nitrogens is 4. The molecular formula is C26H30ClF3N8O3S. The van der Waals surface area contributed by atoms with Gasteiger partial charge in [-0.25, -0.2) is 27.7 Å². The van der Waals surface area contributed by atoms with E-state index in [1.165, 1.54) is 21.4 Å². The SMILES string of the molecule is CN1CCN(Cc2ccc(-n3cnc(-c4nc(NC5CCN(S(C)(=O)=O)CC5)ncc4C(F)(F)F)c3)c(Cl)c2)C(=O)C1. The second-order valence-corrected chi connectivity index (χ2v) is 12.9. The Morgan fingerprint density at radius 3 is 2.50 bits per heavy atom. The van der Waals surface area contributed by atoms with Gasteiger partial charge in [0.1, 0.15) is 23.3 Å². The average molecular weight is 627 g/mol. The minimum atomic E-state index is -4.72. The van der Waals surface area contributed by atoms with Crippen molar-refractivity contribution >= 4 is 33.5 Å². The van der Waals surface area contributed by atoms with E-state index >= 15 is 0 Å². The third-order valence-electron chi connectivity index (χ3n) is 7.35. The number of hydrogen-bond donors (Lipinski definition) is 1. The molecule has 11 nitrogen and oxygen atoms in total. The molecule has 0 atom stereocenters. The number of nitrogens with zero attached hydrogens (tertiary/aromatic N) is 7. The van der Waals surface area contributed by atoms with E-state index in [0.717, 1.165) is 24.6 Å². The van der Waals surface area contributed by atoms with Crippen LogP contribution in [0.3, 0.4) is 0 Å². The number of rotatable bonds is 7. The van der Waals surface area contributed by atoms with E-state index in [4.69, 9.17) is 11.6 Å². The smallest absolute Gasteiger partial charge is 0.351 e. The molecule has 5 rings (SSSR count). The first-order valence-electron chi connectivity index (χ1n) is 13.2. The van der Waals surface area contributed by atoms with Crippen molar-refractivity contribution in [2.24, 2.45) is 0 Å². The molecule has 2 saturated heterocycles. The lowest BCUT2D eigenvalue weighted by Crippen LogP contribution is -2.48. The number of likely N-dealkylation sites (N-methyl/N-ethyl adjacent to an activating group) is 1. The first-order chi connectivity index (χ1) is 19.8. The molecule has 2 aliphatic rings. The number of sulfonamides is 1. The lowest BCUT2D eigenvalue weighted by Gasteiger charge is -2.32. The van der Waals surface area contributed by atoms with Crippen LogP contribution in [0.4, 0.5) is 19.1 Å². The summed E-state index contributed by atoms with van der Waals surface area (Å²) < 4.78 is 68.1. The van der Waals surface area contributed by atoms with Crippen molar-refractivity contribution in [1.82, 2.24) is 33.6 Å². The minimum Gasteiger partial charge on any atom is -0.351 e. The van der Waals surface area contributed by atoms with Crippen LogP contribution >= 0.6 is 11.6 Å². The second kappa shape index (κ2) is 11.8. The highest BCUT2D eigenvalue weighted by Gasteiger charge is 2.36. The zero-order chi connectivity index (χ0) is 30.2. The van der Waals surface area contributed by atoms with Crippen molar-refractivity contribution in [3.63, 3.8) is 0 Å². The number of alkyl halides is 3. The second-order valence-electron chi connectivity index (χ2n) is 10.5. The van der Waals surface area contributed by atoms with Crippen LogP contribution in [0, 0.1) is 0 Å². The Morgan fingerprint density at radius 2 is 1.86 bits per heavy atom. The number of amides is 1. The van der Waals surface area contributed by atoms with Crippen molar-refractivity contribution in [2.45, 2.75) is 31.6 Å². The topological polar surface area (TPSA) is 117 Å². The lowest BCUT2D eigenvalue weighted by molar-refractivity contribution is -0.137. The van der Waals surface area contributed by atoms with Gasteiger partial charge in [0, 0.05) is 51.2 Å². The molecule has 0 radical (unpaired) electrons. The number of carbonyl (C=O) groups is 1. The van der Waals surface area contributed by atoms with Crippen molar-refractivity contribution in [2.75, 3.05) is 51.3 Å². The third-order valence-corrected chi connectivity index (χ3v) is 8.95. The summed E-state index contributed by atoms with van der Waals surface area (Å²) >= 11 is 6.56. The molecule has 0 saturated carbocycles. The number of hydrogen-bond acceptors (Lipinski definition) is 8. The van der Waals surface area contributed by atoms with Crippen LogP contribution in [0.5, 0.6) is 0 Å². The van der Waals surface area contributed by atoms with E-state index in [9.17, 15) is 26.4 Å². The molecule has 2 fully saturated rings. The standard InChI is InChI=1S/C26H30ClF3N8O3S/c1-35-9-10-36(23(39)15-35)13-17-3-4-22(20(27)11-17)37-14-21(32-16-37)24-19(26(28,29)30)12-31-25(34-24)33-18-5-7-38(8-6-18)42(2,40)41/h3-4,11-12,14,16,18H,5-10,13,15H2,1-2H3,(H,31,33,34). The monoisotopic (exact) mass is 626 g/mol. The van der Waals surface area contributed by atoms with Crippen LogP contribution in [-0.4, -0.2) is 100 Å². The van der Waals surface area contributed by atoms with Gasteiger partial charge in [-0.15, -0.1) is 0 Å². The Balaban J connectivity index is 1.35. The summed E-state index contributed by atoms with van der Waals surface area (Å²) in [7, 11) is -1.42. The van der Waals surface area contributed by atoms with Gasteiger partial charge in [0.05, 0.1) is 23.5 Å². The fourth-order valence-corrected chi connectivity index (χ4v) is 6.19. The van der Waals surface area contributed by atoms with Crippen molar-refractivity contribution in [1.29, 1.82) is 0 Å². The number of benzene rings is 1. The molecule has 0 bridgehead atoms. The molecule has 1 aromatic carbocycles. The van der Waals surface area contributed by atoms with E-state index in [0.29, 0.717) is 56.3 Å². The summed E-state index contributed by atoms with van der Waals surface area (Å²) in [5, 5.41) is 3.38. The van der Waals surface area contributed by atoms with E-state index in [-0.39, 0.29) is 23.6 Å². The molecule has 1 amide bonds. The predicted octanol–water partition coefficient (Wildman–Crippen LogP) is 3.11. The van der Waals surface area contributed by atoms with Crippen LogP contribution in [0.2, 0.25) is 5.02 Å². The van der Waals surface area contributed by atoms with E-state index in [2.05, 4.69) is 20.3 Å². The molecule has 2 aliphatic heterocycles. The molecule has 42 heavy (non-hydrogen) atoms. The number of halogens is 4. The Kier molecular flexibility index (Phi) is 8.47. The molecule has 0 aliphatic carbocycles. The number of anilines is 1. The van der Waals surface area contributed by atoms with Gasteiger partial charge in [-0.3, -0.25) is 9.69 Å². The summed E-state index contributed by atoms with van der Waals surface area (Å²) in [6.07, 6.45) is 0.823. The highest BCUT2D eigenvalue weighted by atomic mass is 35.5. The maximum Gasteiger partial charge on any atom is 0.420 e. The normalized spacial score (nSPS) is 18.0. The average Bonchev–Trinajstić information content (AvgIpc) is 3.39. The predicted molar refractivity (Wildman–Crippen MR) is 151 cm³/mol. The van der Waals surface area contributed by atoms with Gasteiger partial charge >= 0.3 is 6.18 Å². The highest BCUT2D eigenvalue weighted by Crippen LogP contribution is 2.36. The number of piperazine rings is 1. The molecule has 1 N–H and O–H groups in total. The van der Waals surface area contributed by atoms with E-state index in [1.54, 1.807) is 17.0 Å². The Bertz CT molecular complexity index is 1570. The van der Waals surface area contributed by atoms with E-state index < -0.39 is 27.5 Å². The molecule has 226 valence electrons. The zero-order valence-electron chi connectivity index (χ0n) is 23.0. The Labute approximate surface area is 246 Å². The number of carbonyl (C=O) groups excluding carboxylic acids is 1. The first-order valence-corrected chi connectivity index (χ1v) is 15.5. The van der Waals surface area contributed by atoms with Gasteiger partial charge in [-0.1, -0.05) is 17.7 Å². The molecule has 3 aromatic rings. The minimum absolute atomic E-state index is 0.00815. The summed E-state index contributed by atoms with van der Waals surface area (Å²) in [5.41, 5.74) is -0.127. The summed E-state index contributed by atoms with van der Waals surface area (Å²) in [4.78, 5) is 28.3. The van der Waals surface area contributed by atoms with Gasteiger partial charge in [0.25, 0.3) is 0 Å². The fourth-order valence-electron chi connectivity index (χ4n) is 5.02. The maximum absolute atomic E-state index is 13.9. The fraction of sp³-hybridized carbons (Fsp3) is 0.462. The van der Waals surface area contributed by atoms with Crippen LogP contribution in [0.1, 0.15) is 24.0 Å². The van der Waals surface area contributed by atoms with Crippen molar-refractivity contribution in [3.05, 3.63) is 53.1 Å². The number of nitrogens with one attached hydrogen (secondary N) is 1. The van der Waals surface area contributed by atoms with Crippen LogP contribution in [0.25, 0.3) is 17.1 Å². The number of piperidine rings is 1. The summed E-state index contributed by atoms with van der Waals surface area (Å²) in [6, 6.07) is 5.06. The Hall–Kier alpha value is -3.27. The van der Waals surface area contributed by atoms with Crippen LogP contribution in [0.15, 0.2) is 36.9 Å². The van der Waals surface area contributed by atoms with Crippen molar-refractivity contribution < 1.29 is 26.4 Å². The molecule has 2 aromatic heterocycles. The molecule has 4 heterocycles. The lowest BCUT2D eigenvalue weighted by atomic mass is 10.1. The van der Waals surface area contributed by atoms with Gasteiger partial charge < -0.3 is 14.8 Å². The molecular weight excluding hydrogens is 597 g/mol.